The lowest BCUT2D eigenvalue weighted by Gasteiger charge is -2.07. The first kappa shape index (κ1) is 21.6. The second-order valence-corrected chi connectivity index (χ2v) is 4.62. The molecule has 0 aliphatic carbocycles. The molecule has 0 aliphatic rings. The number of aromatic nitrogens is 1. The first-order chi connectivity index (χ1) is 9.34. The summed E-state index contributed by atoms with van der Waals surface area (Å²) in [7, 11) is -9.33. The topological polar surface area (TPSA) is 214 Å². The van der Waals surface area contributed by atoms with Crippen molar-refractivity contribution in [3.63, 3.8) is 0 Å². The zero-order valence-electron chi connectivity index (χ0n) is 10.0. The number of rotatable bonds is 3. The van der Waals surface area contributed by atoms with E-state index in [1.807, 2.05) is 0 Å². The fourth-order valence-electron chi connectivity index (χ4n) is 0.692. The number of nitrogens with zero attached hydrogens (tertiary/aromatic N) is 1. The van der Waals surface area contributed by atoms with Gasteiger partial charge in [-0.05, 0) is 12.1 Å². The number of hydrogen-bond donors (Lipinski definition) is 5. The Morgan fingerprint density at radius 2 is 1.38 bits per heavy atom. The third-order valence-corrected chi connectivity index (χ3v) is 1.24. The van der Waals surface area contributed by atoms with E-state index in [0.29, 0.717) is 6.47 Å². The third kappa shape index (κ3) is 27.5. The minimum Gasteiger partial charge on any atom is -0.445 e. The summed E-state index contributed by atoms with van der Waals surface area (Å²) in [5.41, 5.74) is 6.15. The predicted octanol–water partition coefficient (Wildman–Crippen LogP) is -1.09. The van der Waals surface area contributed by atoms with Crippen LogP contribution in [-0.4, -0.2) is 46.5 Å². The summed E-state index contributed by atoms with van der Waals surface area (Å²) < 4.78 is 67.7. The Balaban J connectivity index is 0. The Bertz CT molecular complexity index is 554. The highest BCUT2D eigenvalue weighted by Crippen LogP contribution is 2.07. The molecule has 12 nitrogen and oxygen atoms in total. The van der Waals surface area contributed by atoms with Crippen LogP contribution in [0.1, 0.15) is 11.8 Å². The minimum atomic E-state index is -4.67. The van der Waals surface area contributed by atoms with Crippen LogP contribution in [0, 0.1) is 0 Å². The van der Waals surface area contributed by atoms with Crippen molar-refractivity contribution in [1.82, 2.24) is 4.98 Å². The number of ether oxygens (including phenoxy) is 1. The molecule has 0 fully saturated rings. The van der Waals surface area contributed by atoms with Crippen LogP contribution in [0.2, 0.25) is 0 Å². The molecule has 1 atom stereocenters. The highest BCUT2D eigenvalue weighted by molar-refractivity contribution is 7.80. The van der Waals surface area contributed by atoms with E-state index in [9.17, 15) is 4.79 Å². The van der Waals surface area contributed by atoms with E-state index in [-0.39, 0.29) is 0 Å². The van der Waals surface area contributed by atoms with Gasteiger partial charge in [0.15, 0.2) is 6.23 Å². The van der Waals surface area contributed by atoms with Gasteiger partial charge in [-0.1, -0.05) is 0 Å². The van der Waals surface area contributed by atoms with E-state index in [2.05, 4.69) is 9.72 Å². The molecule has 0 spiro atoms. The highest BCUT2D eigenvalue weighted by Gasteiger charge is 2.03. The van der Waals surface area contributed by atoms with Gasteiger partial charge in [-0.3, -0.25) is 33.7 Å². The molecule has 1 aromatic rings. The van der Waals surface area contributed by atoms with Crippen LogP contribution in [-0.2, 0) is 30.3 Å². The van der Waals surface area contributed by atoms with Gasteiger partial charge in [0.05, 0.1) is 0 Å². The molecule has 6 N–H and O–H groups in total. The Labute approximate surface area is 119 Å². The standard InChI is InChI=1S/C7H8N2O2.2H2O4S/c8-7(11-5-10)6-1-3-9-4-2-6;2*1-5(2,3)4/h1-5,7H,8H2;2*(H2,1,2,3,4). The maximum atomic E-state index is 9.87. The Morgan fingerprint density at radius 3 is 1.67 bits per heavy atom. The zero-order valence-corrected chi connectivity index (χ0v) is 11.7. The summed E-state index contributed by atoms with van der Waals surface area (Å²) in [6.07, 6.45) is 2.49. The molecular weight excluding hydrogens is 336 g/mol. The molecule has 1 rings (SSSR count). The van der Waals surface area contributed by atoms with Crippen LogP contribution in [0.15, 0.2) is 24.5 Å². The maximum Gasteiger partial charge on any atom is 0.394 e. The highest BCUT2D eigenvalue weighted by atomic mass is 32.3. The van der Waals surface area contributed by atoms with E-state index >= 15 is 0 Å². The van der Waals surface area contributed by atoms with Crippen molar-refractivity contribution in [2.45, 2.75) is 6.23 Å². The van der Waals surface area contributed by atoms with Crippen molar-refractivity contribution in [2.75, 3.05) is 0 Å². The van der Waals surface area contributed by atoms with Crippen molar-refractivity contribution >= 4 is 27.3 Å². The number of pyridine rings is 1. The van der Waals surface area contributed by atoms with Gasteiger partial charge in [-0.15, -0.1) is 0 Å². The molecule has 1 heterocycles. The average molecular weight is 348 g/mol. The van der Waals surface area contributed by atoms with Crippen molar-refractivity contribution in [3.8, 4) is 0 Å². The summed E-state index contributed by atoms with van der Waals surface area (Å²) in [5.74, 6) is 0. The summed E-state index contributed by atoms with van der Waals surface area (Å²) in [6, 6.07) is 3.38. The largest absolute Gasteiger partial charge is 0.445 e. The van der Waals surface area contributed by atoms with Crippen molar-refractivity contribution in [3.05, 3.63) is 30.1 Å². The van der Waals surface area contributed by atoms with E-state index in [1.165, 1.54) is 0 Å². The molecule has 0 aliphatic heterocycles. The lowest BCUT2D eigenvalue weighted by molar-refractivity contribution is -0.133. The molecule has 0 aromatic carbocycles. The Hall–Kier alpha value is -1.68. The third-order valence-electron chi connectivity index (χ3n) is 1.24. The molecule has 21 heavy (non-hydrogen) atoms. The summed E-state index contributed by atoms with van der Waals surface area (Å²) in [6.45, 7) is 0.324. The summed E-state index contributed by atoms with van der Waals surface area (Å²) in [5, 5.41) is 0. The number of carbonyl (C=O) groups excluding carboxylic acids is 1. The number of carbonyl (C=O) groups is 1. The molecule has 0 saturated carbocycles. The summed E-state index contributed by atoms with van der Waals surface area (Å²) in [4.78, 5) is 13.7. The van der Waals surface area contributed by atoms with Crippen molar-refractivity contribution in [1.29, 1.82) is 0 Å². The second-order valence-electron chi connectivity index (χ2n) is 2.83. The fourth-order valence-corrected chi connectivity index (χ4v) is 0.692. The van der Waals surface area contributed by atoms with Crippen LogP contribution < -0.4 is 5.73 Å². The van der Waals surface area contributed by atoms with Gasteiger partial charge in [-0.25, -0.2) is 0 Å². The smallest absolute Gasteiger partial charge is 0.394 e. The minimum absolute atomic E-state index is 0.324. The van der Waals surface area contributed by atoms with Gasteiger partial charge in [0.25, 0.3) is 6.47 Å². The quantitative estimate of drug-likeness (QED) is 0.250. The molecule has 1 unspecified atom stereocenters. The molecule has 0 amide bonds. The van der Waals surface area contributed by atoms with Gasteiger partial charge in [0.1, 0.15) is 0 Å². The van der Waals surface area contributed by atoms with Crippen LogP contribution in [0.4, 0.5) is 0 Å². The normalized spacial score (nSPS) is 11.9. The second kappa shape index (κ2) is 10.1. The first-order valence-corrected chi connectivity index (χ1v) is 7.28. The van der Waals surface area contributed by atoms with Gasteiger partial charge in [-0.2, -0.15) is 16.8 Å². The maximum absolute atomic E-state index is 9.87. The van der Waals surface area contributed by atoms with Crippen molar-refractivity contribution in [2.24, 2.45) is 5.73 Å². The molecular formula is C7H12N2O10S2. The summed E-state index contributed by atoms with van der Waals surface area (Å²) >= 11 is 0. The fraction of sp³-hybridized carbons (Fsp3) is 0.143. The molecule has 0 radical (unpaired) electrons. The van der Waals surface area contributed by atoms with E-state index < -0.39 is 27.0 Å². The lowest BCUT2D eigenvalue weighted by Crippen LogP contribution is -2.13. The Morgan fingerprint density at radius 1 is 1.05 bits per heavy atom. The lowest BCUT2D eigenvalue weighted by atomic mass is 10.2. The molecule has 0 saturated heterocycles. The van der Waals surface area contributed by atoms with Crippen LogP contribution in [0.25, 0.3) is 0 Å². The number of hydrogen-bond acceptors (Lipinski definition) is 8. The molecule has 1 aromatic heterocycles. The predicted molar refractivity (Wildman–Crippen MR) is 66.7 cm³/mol. The average Bonchev–Trinajstić information content (AvgIpc) is 2.26. The number of nitrogens with two attached hydrogens (primary N) is 1. The SMILES string of the molecule is NC(OC=O)c1ccncc1.O=S(=O)(O)O.O=S(=O)(O)O. The van der Waals surface area contributed by atoms with Crippen LogP contribution >= 0.6 is 0 Å². The van der Waals surface area contributed by atoms with Crippen molar-refractivity contribution < 1.29 is 44.6 Å². The zero-order chi connectivity index (χ0) is 17.1. The molecule has 0 bridgehead atoms. The van der Waals surface area contributed by atoms with Crippen LogP contribution in [0.3, 0.4) is 0 Å². The van der Waals surface area contributed by atoms with Gasteiger partial charge >= 0.3 is 20.8 Å². The van der Waals surface area contributed by atoms with E-state index in [1.54, 1.807) is 24.5 Å². The molecule has 122 valence electrons. The van der Waals surface area contributed by atoms with Crippen LogP contribution in [0.5, 0.6) is 0 Å². The first-order valence-electron chi connectivity index (χ1n) is 4.49. The van der Waals surface area contributed by atoms with Gasteiger partial charge < -0.3 is 4.74 Å². The Kier molecular flexibility index (Phi) is 10.4. The van der Waals surface area contributed by atoms with E-state index in [0.717, 1.165) is 5.56 Å². The van der Waals surface area contributed by atoms with Gasteiger partial charge in [0.2, 0.25) is 0 Å². The monoisotopic (exact) mass is 348 g/mol. The van der Waals surface area contributed by atoms with Gasteiger partial charge in [0, 0.05) is 18.0 Å². The molecule has 14 heteroatoms. The van der Waals surface area contributed by atoms with E-state index in [4.69, 9.17) is 40.8 Å².